The van der Waals surface area contributed by atoms with Crippen LogP contribution < -0.4 is 5.32 Å². The average Bonchev–Trinajstić information content (AvgIpc) is 2.34. The molecule has 17 heavy (non-hydrogen) atoms. The molecule has 1 unspecified atom stereocenters. The molecule has 1 atom stereocenters. The molecule has 1 aromatic rings. The standard InChI is InChI=1S/C15H26N2/c1-5-9-16-14(11-12(3)4)15-13(6-2)8-7-10-17-15/h7-8,10,12,14,16H,5-6,9,11H2,1-4H3. The maximum absolute atomic E-state index is 4.59. The predicted octanol–water partition coefficient (Wildman–Crippen LogP) is 3.73. The average molecular weight is 234 g/mol. The van der Waals surface area contributed by atoms with E-state index >= 15 is 0 Å². The Morgan fingerprint density at radius 2 is 2.06 bits per heavy atom. The third kappa shape index (κ3) is 4.47. The van der Waals surface area contributed by atoms with Crippen LogP contribution in [0.5, 0.6) is 0 Å². The van der Waals surface area contributed by atoms with Crippen molar-refractivity contribution in [1.29, 1.82) is 0 Å². The zero-order chi connectivity index (χ0) is 12.7. The quantitative estimate of drug-likeness (QED) is 0.777. The first-order chi connectivity index (χ1) is 8.19. The second-order valence-corrected chi connectivity index (χ2v) is 5.04. The van der Waals surface area contributed by atoms with Gasteiger partial charge in [-0.1, -0.05) is 33.8 Å². The fraction of sp³-hybridized carbons (Fsp3) is 0.667. The molecule has 0 aromatic carbocycles. The molecule has 0 saturated heterocycles. The first kappa shape index (κ1) is 14.2. The van der Waals surface area contributed by atoms with E-state index in [-0.39, 0.29) is 0 Å². The molecule has 0 bridgehead atoms. The summed E-state index contributed by atoms with van der Waals surface area (Å²) in [7, 11) is 0. The summed E-state index contributed by atoms with van der Waals surface area (Å²) in [5.41, 5.74) is 2.62. The molecular weight excluding hydrogens is 208 g/mol. The maximum atomic E-state index is 4.59. The van der Waals surface area contributed by atoms with Crippen LogP contribution in [0.3, 0.4) is 0 Å². The fourth-order valence-electron chi connectivity index (χ4n) is 2.15. The van der Waals surface area contributed by atoms with Crippen molar-refractivity contribution in [3.05, 3.63) is 29.6 Å². The van der Waals surface area contributed by atoms with Gasteiger partial charge >= 0.3 is 0 Å². The number of rotatable bonds is 7. The van der Waals surface area contributed by atoms with Crippen LogP contribution in [0.2, 0.25) is 0 Å². The van der Waals surface area contributed by atoms with E-state index in [1.165, 1.54) is 17.7 Å². The first-order valence-corrected chi connectivity index (χ1v) is 6.86. The Labute approximate surface area is 106 Å². The third-order valence-electron chi connectivity index (χ3n) is 2.98. The lowest BCUT2D eigenvalue weighted by Gasteiger charge is -2.22. The molecule has 96 valence electrons. The van der Waals surface area contributed by atoms with E-state index in [2.05, 4.69) is 44.1 Å². The Kier molecular flexibility index (Phi) is 6.20. The van der Waals surface area contributed by atoms with Crippen LogP contribution in [0.1, 0.15) is 57.8 Å². The van der Waals surface area contributed by atoms with E-state index in [0.29, 0.717) is 12.0 Å². The molecule has 0 spiro atoms. The van der Waals surface area contributed by atoms with Crippen LogP contribution in [-0.2, 0) is 6.42 Å². The zero-order valence-electron chi connectivity index (χ0n) is 11.7. The van der Waals surface area contributed by atoms with Gasteiger partial charge in [-0.25, -0.2) is 0 Å². The monoisotopic (exact) mass is 234 g/mol. The molecule has 0 aliphatic heterocycles. The molecule has 0 aliphatic carbocycles. The molecule has 0 fully saturated rings. The smallest absolute Gasteiger partial charge is 0.0605 e. The molecule has 0 saturated carbocycles. The van der Waals surface area contributed by atoms with Gasteiger partial charge in [-0.3, -0.25) is 4.98 Å². The highest BCUT2D eigenvalue weighted by Gasteiger charge is 2.16. The second kappa shape index (κ2) is 7.44. The lowest BCUT2D eigenvalue weighted by atomic mass is 9.96. The summed E-state index contributed by atoms with van der Waals surface area (Å²) < 4.78 is 0. The third-order valence-corrected chi connectivity index (χ3v) is 2.98. The summed E-state index contributed by atoms with van der Waals surface area (Å²) in [6.45, 7) is 10.0. The molecule has 1 N–H and O–H groups in total. The summed E-state index contributed by atoms with van der Waals surface area (Å²) in [4.78, 5) is 4.59. The van der Waals surface area contributed by atoms with Gasteiger partial charge in [-0.15, -0.1) is 0 Å². The molecule has 2 heteroatoms. The predicted molar refractivity (Wildman–Crippen MR) is 74.1 cm³/mol. The van der Waals surface area contributed by atoms with E-state index in [1.54, 1.807) is 0 Å². The number of pyridine rings is 1. The van der Waals surface area contributed by atoms with Gasteiger partial charge < -0.3 is 5.32 Å². The Morgan fingerprint density at radius 1 is 1.29 bits per heavy atom. The number of nitrogens with zero attached hydrogens (tertiary/aromatic N) is 1. The molecule has 1 rings (SSSR count). The molecule has 0 aliphatic rings. The second-order valence-electron chi connectivity index (χ2n) is 5.04. The number of aromatic nitrogens is 1. The van der Waals surface area contributed by atoms with Crippen molar-refractivity contribution >= 4 is 0 Å². The molecule has 1 heterocycles. The van der Waals surface area contributed by atoms with Crippen LogP contribution in [-0.4, -0.2) is 11.5 Å². The van der Waals surface area contributed by atoms with Gasteiger partial charge in [0.05, 0.1) is 5.69 Å². The van der Waals surface area contributed by atoms with Crippen molar-refractivity contribution in [3.8, 4) is 0 Å². The summed E-state index contributed by atoms with van der Waals surface area (Å²) in [5, 5.41) is 3.63. The fourth-order valence-corrected chi connectivity index (χ4v) is 2.15. The minimum absolute atomic E-state index is 0.408. The largest absolute Gasteiger partial charge is 0.309 e. The Hall–Kier alpha value is -0.890. The summed E-state index contributed by atoms with van der Waals surface area (Å²) in [5.74, 6) is 0.691. The van der Waals surface area contributed by atoms with Crippen LogP contribution in [0, 0.1) is 5.92 Å². The van der Waals surface area contributed by atoms with Gasteiger partial charge in [-0.05, 0) is 43.4 Å². The topological polar surface area (TPSA) is 24.9 Å². The minimum Gasteiger partial charge on any atom is -0.309 e. The van der Waals surface area contributed by atoms with Gasteiger partial charge in [0.15, 0.2) is 0 Å². The van der Waals surface area contributed by atoms with Gasteiger partial charge in [0.2, 0.25) is 0 Å². The molecule has 0 radical (unpaired) electrons. The highest BCUT2D eigenvalue weighted by Crippen LogP contribution is 2.22. The van der Waals surface area contributed by atoms with E-state index in [1.807, 2.05) is 12.3 Å². The summed E-state index contributed by atoms with van der Waals surface area (Å²) in [6.07, 6.45) is 5.30. The van der Waals surface area contributed by atoms with Crippen LogP contribution in [0.25, 0.3) is 0 Å². The maximum Gasteiger partial charge on any atom is 0.0605 e. The van der Waals surface area contributed by atoms with Crippen molar-refractivity contribution in [2.24, 2.45) is 5.92 Å². The highest BCUT2D eigenvalue weighted by molar-refractivity contribution is 5.22. The number of hydrogen-bond donors (Lipinski definition) is 1. The highest BCUT2D eigenvalue weighted by atomic mass is 14.9. The van der Waals surface area contributed by atoms with Crippen molar-refractivity contribution in [2.45, 2.75) is 53.0 Å². The van der Waals surface area contributed by atoms with Crippen LogP contribution >= 0.6 is 0 Å². The van der Waals surface area contributed by atoms with Gasteiger partial charge in [-0.2, -0.15) is 0 Å². The molecule has 1 aromatic heterocycles. The first-order valence-electron chi connectivity index (χ1n) is 6.86. The normalized spacial score (nSPS) is 13.0. The SMILES string of the molecule is CCCNC(CC(C)C)c1ncccc1CC. The van der Waals surface area contributed by atoms with Crippen molar-refractivity contribution < 1.29 is 0 Å². The van der Waals surface area contributed by atoms with Crippen molar-refractivity contribution in [1.82, 2.24) is 10.3 Å². The molecule has 2 nitrogen and oxygen atoms in total. The lowest BCUT2D eigenvalue weighted by molar-refractivity contribution is 0.420. The Morgan fingerprint density at radius 3 is 2.65 bits per heavy atom. The van der Waals surface area contributed by atoms with Gasteiger partial charge in [0.25, 0.3) is 0 Å². The van der Waals surface area contributed by atoms with E-state index < -0.39 is 0 Å². The van der Waals surface area contributed by atoms with Gasteiger partial charge in [0.1, 0.15) is 0 Å². The van der Waals surface area contributed by atoms with Gasteiger partial charge in [0, 0.05) is 12.2 Å². The Bertz CT molecular complexity index is 320. The molecule has 0 amide bonds. The lowest BCUT2D eigenvalue weighted by Crippen LogP contribution is -2.25. The number of nitrogens with one attached hydrogen (secondary N) is 1. The van der Waals surface area contributed by atoms with E-state index in [0.717, 1.165) is 19.4 Å². The van der Waals surface area contributed by atoms with Crippen LogP contribution in [0.15, 0.2) is 18.3 Å². The zero-order valence-corrected chi connectivity index (χ0v) is 11.7. The van der Waals surface area contributed by atoms with Crippen molar-refractivity contribution in [2.75, 3.05) is 6.54 Å². The summed E-state index contributed by atoms with van der Waals surface area (Å²) in [6, 6.07) is 4.64. The van der Waals surface area contributed by atoms with Crippen LogP contribution in [0.4, 0.5) is 0 Å². The van der Waals surface area contributed by atoms with E-state index in [9.17, 15) is 0 Å². The minimum atomic E-state index is 0.408. The number of aryl methyl sites for hydroxylation is 1. The Balaban J connectivity index is 2.86. The summed E-state index contributed by atoms with van der Waals surface area (Å²) >= 11 is 0. The molecular formula is C15H26N2. The van der Waals surface area contributed by atoms with Crippen molar-refractivity contribution in [3.63, 3.8) is 0 Å². The number of hydrogen-bond acceptors (Lipinski definition) is 2. The van der Waals surface area contributed by atoms with E-state index in [4.69, 9.17) is 0 Å².